The van der Waals surface area contributed by atoms with Crippen molar-refractivity contribution in [3.8, 4) is 0 Å². The number of nitrogens with zero attached hydrogens (tertiary/aromatic N) is 7. The molecule has 1 saturated heterocycles. The highest BCUT2D eigenvalue weighted by Gasteiger charge is 2.40. The molecule has 0 bridgehead atoms. The Balaban J connectivity index is 1.36. The highest BCUT2D eigenvalue weighted by Crippen LogP contribution is 2.34. The molecule has 0 radical (unpaired) electrons. The number of carbonyl (C=O) groups is 1. The molecule has 8 heteroatoms. The zero-order chi connectivity index (χ0) is 13.5. The molecule has 1 amide bonds. The van der Waals surface area contributed by atoms with Gasteiger partial charge < -0.3 is 4.90 Å². The number of carbonyl (C=O) groups excluding carboxylic acids is 1. The first-order valence-corrected chi connectivity index (χ1v) is 6.83. The van der Waals surface area contributed by atoms with Crippen LogP contribution in [-0.2, 0) is 11.3 Å². The summed E-state index contributed by atoms with van der Waals surface area (Å²) in [6.07, 6.45) is 7.30. The normalized spacial score (nSPS) is 19.1. The number of rotatable bonds is 4. The second-order valence-corrected chi connectivity index (χ2v) is 5.42. The van der Waals surface area contributed by atoms with E-state index >= 15 is 0 Å². The summed E-state index contributed by atoms with van der Waals surface area (Å²) in [6.45, 7) is 2.01. The van der Waals surface area contributed by atoms with Gasteiger partial charge in [-0.2, -0.15) is 15.0 Å². The van der Waals surface area contributed by atoms with Crippen molar-refractivity contribution in [1.82, 2.24) is 34.9 Å². The summed E-state index contributed by atoms with van der Waals surface area (Å²) in [5.74, 6) is 0.607. The van der Waals surface area contributed by atoms with Crippen LogP contribution in [0.2, 0.25) is 0 Å². The highest BCUT2D eigenvalue weighted by molar-refractivity contribution is 5.81. The molecule has 0 atom stereocenters. The summed E-state index contributed by atoms with van der Waals surface area (Å²) in [7, 11) is 0. The van der Waals surface area contributed by atoms with Gasteiger partial charge in [0.25, 0.3) is 0 Å². The highest BCUT2D eigenvalue weighted by atomic mass is 16.2. The molecule has 8 nitrogen and oxygen atoms in total. The molecule has 0 N–H and O–H groups in total. The third kappa shape index (κ3) is 2.06. The molecular weight excluding hydrogens is 258 g/mol. The summed E-state index contributed by atoms with van der Waals surface area (Å²) in [4.78, 5) is 15.3. The number of aromatic nitrogens is 6. The standard InChI is InChI=1S/C12H15N7O/c20-12(9-1-2-9)17-7-11(8-17)18-5-10(15-16-18)6-19-13-3-4-14-19/h3-5,9,11H,1-2,6-8H2. The zero-order valence-corrected chi connectivity index (χ0v) is 11.0. The van der Waals surface area contributed by atoms with Gasteiger partial charge in [-0.1, -0.05) is 5.21 Å². The topological polar surface area (TPSA) is 81.7 Å². The molecule has 20 heavy (non-hydrogen) atoms. The van der Waals surface area contributed by atoms with E-state index in [0.29, 0.717) is 18.4 Å². The van der Waals surface area contributed by atoms with Crippen molar-refractivity contribution in [2.75, 3.05) is 13.1 Å². The summed E-state index contributed by atoms with van der Waals surface area (Å²) < 4.78 is 1.84. The lowest BCUT2D eigenvalue weighted by atomic mass is 10.1. The van der Waals surface area contributed by atoms with Crippen LogP contribution in [-0.4, -0.2) is 53.9 Å². The fraction of sp³-hybridized carbons (Fsp3) is 0.583. The molecule has 0 aromatic carbocycles. The van der Waals surface area contributed by atoms with Crippen molar-refractivity contribution in [2.45, 2.75) is 25.4 Å². The van der Waals surface area contributed by atoms with Crippen molar-refractivity contribution in [3.63, 3.8) is 0 Å². The number of hydrogen-bond donors (Lipinski definition) is 0. The van der Waals surface area contributed by atoms with E-state index in [1.807, 2.05) is 15.8 Å². The largest absolute Gasteiger partial charge is 0.338 e. The molecule has 0 spiro atoms. The summed E-state index contributed by atoms with van der Waals surface area (Å²) in [6, 6.07) is 0.254. The van der Waals surface area contributed by atoms with E-state index in [2.05, 4.69) is 20.5 Å². The lowest BCUT2D eigenvalue weighted by molar-refractivity contribution is -0.138. The predicted octanol–water partition coefficient (Wildman–Crippen LogP) is -0.289. The molecule has 0 unspecified atom stereocenters. The minimum absolute atomic E-state index is 0.254. The van der Waals surface area contributed by atoms with Gasteiger partial charge in [0.05, 0.1) is 24.6 Å². The third-order valence-electron chi connectivity index (χ3n) is 3.80. The summed E-state index contributed by atoms with van der Waals surface area (Å²) in [5.41, 5.74) is 0.827. The van der Waals surface area contributed by atoms with E-state index in [-0.39, 0.29) is 6.04 Å². The molecule has 2 aliphatic rings. The van der Waals surface area contributed by atoms with E-state index in [9.17, 15) is 4.79 Å². The van der Waals surface area contributed by atoms with E-state index in [1.165, 1.54) is 0 Å². The Morgan fingerprint density at radius 2 is 2.00 bits per heavy atom. The van der Waals surface area contributed by atoms with Crippen molar-refractivity contribution in [3.05, 3.63) is 24.3 Å². The minimum Gasteiger partial charge on any atom is -0.338 e. The second-order valence-electron chi connectivity index (χ2n) is 5.42. The molecule has 2 aromatic rings. The Morgan fingerprint density at radius 3 is 2.70 bits per heavy atom. The average Bonchev–Trinajstić information content (AvgIpc) is 2.94. The molecule has 104 valence electrons. The number of hydrogen-bond acceptors (Lipinski definition) is 5. The van der Waals surface area contributed by atoms with Gasteiger partial charge in [0, 0.05) is 19.0 Å². The molecule has 4 rings (SSSR count). The van der Waals surface area contributed by atoms with Crippen LogP contribution in [0.3, 0.4) is 0 Å². The van der Waals surface area contributed by atoms with Crippen molar-refractivity contribution >= 4 is 5.91 Å². The predicted molar refractivity (Wildman–Crippen MR) is 67.5 cm³/mol. The molecule has 2 fully saturated rings. The maximum Gasteiger partial charge on any atom is 0.225 e. The van der Waals surface area contributed by atoms with Gasteiger partial charge in [0.2, 0.25) is 5.91 Å². The van der Waals surface area contributed by atoms with Crippen LogP contribution in [0.15, 0.2) is 18.6 Å². The maximum atomic E-state index is 11.8. The minimum atomic E-state index is 0.254. The summed E-state index contributed by atoms with van der Waals surface area (Å²) in [5, 5.41) is 16.3. The van der Waals surface area contributed by atoms with Crippen LogP contribution < -0.4 is 0 Å². The maximum absolute atomic E-state index is 11.8. The van der Waals surface area contributed by atoms with Crippen LogP contribution in [0, 0.1) is 5.92 Å². The second kappa shape index (κ2) is 4.39. The first-order valence-electron chi connectivity index (χ1n) is 6.83. The van der Waals surface area contributed by atoms with Gasteiger partial charge in [0.15, 0.2) is 0 Å². The van der Waals surface area contributed by atoms with Gasteiger partial charge in [-0.15, -0.1) is 5.10 Å². The fourth-order valence-electron chi connectivity index (χ4n) is 2.43. The SMILES string of the molecule is O=C(C1CC1)N1CC(n2cc(Cn3nccn3)nn2)C1. The first-order chi connectivity index (χ1) is 9.79. The number of amides is 1. The van der Waals surface area contributed by atoms with Gasteiger partial charge in [0.1, 0.15) is 12.2 Å². The molecule has 3 heterocycles. The number of likely N-dealkylation sites (tertiary alicyclic amines) is 1. The van der Waals surface area contributed by atoms with E-state index in [0.717, 1.165) is 31.6 Å². The van der Waals surface area contributed by atoms with Crippen LogP contribution in [0.4, 0.5) is 0 Å². The van der Waals surface area contributed by atoms with Gasteiger partial charge in [-0.25, -0.2) is 4.68 Å². The Hall–Kier alpha value is -2.25. The Bertz CT molecular complexity index is 610. The van der Waals surface area contributed by atoms with Crippen LogP contribution in [0.5, 0.6) is 0 Å². The fourth-order valence-corrected chi connectivity index (χ4v) is 2.43. The monoisotopic (exact) mass is 273 g/mol. The third-order valence-corrected chi connectivity index (χ3v) is 3.80. The lowest BCUT2D eigenvalue weighted by Gasteiger charge is -2.39. The summed E-state index contributed by atoms with van der Waals surface area (Å²) >= 11 is 0. The first kappa shape index (κ1) is 11.6. The van der Waals surface area contributed by atoms with E-state index in [1.54, 1.807) is 17.2 Å². The Kier molecular flexibility index (Phi) is 2.54. The average molecular weight is 273 g/mol. The van der Waals surface area contributed by atoms with Gasteiger partial charge in [-0.05, 0) is 12.8 Å². The van der Waals surface area contributed by atoms with Crippen LogP contribution >= 0.6 is 0 Å². The van der Waals surface area contributed by atoms with E-state index < -0.39 is 0 Å². The molecule has 1 aliphatic heterocycles. The van der Waals surface area contributed by atoms with Crippen molar-refractivity contribution < 1.29 is 4.79 Å². The molecule has 2 aromatic heterocycles. The lowest BCUT2D eigenvalue weighted by Crippen LogP contribution is -2.51. The zero-order valence-electron chi connectivity index (χ0n) is 11.0. The van der Waals surface area contributed by atoms with Crippen LogP contribution in [0.1, 0.15) is 24.6 Å². The molecular formula is C12H15N7O. The van der Waals surface area contributed by atoms with Crippen molar-refractivity contribution in [1.29, 1.82) is 0 Å². The van der Waals surface area contributed by atoms with Crippen LogP contribution in [0.25, 0.3) is 0 Å². The Morgan fingerprint density at radius 1 is 1.25 bits per heavy atom. The molecule has 1 saturated carbocycles. The quantitative estimate of drug-likeness (QED) is 0.764. The van der Waals surface area contributed by atoms with Crippen molar-refractivity contribution in [2.24, 2.45) is 5.92 Å². The van der Waals surface area contributed by atoms with Gasteiger partial charge in [-0.3, -0.25) is 4.79 Å². The smallest absolute Gasteiger partial charge is 0.225 e. The van der Waals surface area contributed by atoms with Gasteiger partial charge >= 0.3 is 0 Å². The molecule has 1 aliphatic carbocycles. The van der Waals surface area contributed by atoms with E-state index in [4.69, 9.17) is 0 Å². The Labute approximate surface area is 115 Å².